The van der Waals surface area contributed by atoms with Gasteiger partial charge < -0.3 is 10.2 Å². The second kappa shape index (κ2) is 4.94. The standard InChI is InChI=1S/C12H17N3/c1-15-8-7-14-12(15)10-13-9-11-5-3-2-4-6-11/h2-6,13H,7-10H2,1H3. The highest BCUT2D eigenvalue weighted by Gasteiger charge is 2.10. The lowest BCUT2D eigenvalue weighted by atomic mass is 10.2. The van der Waals surface area contributed by atoms with E-state index in [1.54, 1.807) is 0 Å². The molecule has 1 heterocycles. The van der Waals surface area contributed by atoms with E-state index in [9.17, 15) is 0 Å². The lowest BCUT2D eigenvalue weighted by Gasteiger charge is -2.14. The molecule has 0 bridgehead atoms. The lowest BCUT2D eigenvalue weighted by molar-refractivity contribution is 0.541. The molecular formula is C12H17N3. The number of hydrogen-bond donors (Lipinski definition) is 1. The lowest BCUT2D eigenvalue weighted by Crippen LogP contribution is -2.32. The summed E-state index contributed by atoms with van der Waals surface area (Å²) in [6.07, 6.45) is 0. The maximum Gasteiger partial charge on any atom is 0.113 e. The summed E-state index contributed by atoms with van der Waals surface area (Å²) in [5.41, 5.74) is 1.32. The smallest absolute Gasteiger partial charge is 0.113 e. The Balaban J connectivity index is 1.76. The van der Waals surface area contributed by atoms with Crippen LogP contribution in [0.3, 0.4) is 0 Å². The quantitative estimate of drug-likeness (QED) is 0.794. The van der Waals surface area contributed by atoms with Gasteiger partial charge in [0.05, 0.1) is 13.1 Å². The molecule has 2 rings (SSSR count). The van der Waals surface area contributed by atoms with Crippen molar-refractivity contribution in [1.82, 2.24) is 10.2 Å². The third-order valence-corrected chi connectivity index (χ3v) is 2.63. The Bertz CT molecular complexity index is 332. The van der Waals surface area contributed by atoms with Crippen molar-refractivity contribution in [1.29, 1.82) is 0 Å². The topological polar surface area (TPSA) is 27.6 Å². The first-order valence-corrected chi connectivity index (χ1v) is 5.35. The Morgan fingerprint density at radius 2 is 2.07 bits per heavy atom. The molecule has 80 valence electrons. The van der Waals surface area contributed by atoms with Gasteiger partial charge in [-0.1, -0.05) is 30.3 Å². The van der Waals surface area contributed by atoms with Crippen molar-refractivity contribution in [2.45, 2.75) is 6.54 Å². The second-order valence-electron chi connectivity index (χ2n) is 3.81. The summed E-state index contributed by atoms with van der Waals surface area (Å²) in [6, 6.07) is 10.4. The van der Waals surface area contributed by atoms with Gasteiger partial charge in [0.25, 0.3) is 0 Å². The highest BCUT2D eigenvalue weighted by molar-refractivity contribution is 5.85. The van der Waals surface area contributed by atoms with Crippen LogP contribution in [0, 0.1) is 0 Å². The number of likely N-dealkylation sites (N-methyl/N-ethyl adjacent to an activating group) is 1. The van der Waals surface area contributed by atoms with E-state index < -0.39 is 0 Å². The molecule has 0 aromatic heterocycles. The Morgan fingerprint density at radius 1 is 1.27 bits per heavy atom. The van der Waals surface area contributed by atoms with Crippen LogP contribution in [0.5, 0.6) is 0 Å². The average Bonchev–Trinajstić information content (AvgIpc) is 2.66. The Kier molecular flexibility index (Phi) is 3.35. The highest BCUT2D eigenvalue weighted by atomic mass is 15.2. The minimum atomic E-state index is 0.866. The molecule has 0 spiro atoms. The number of amidine groups is 1. The van der Waals surface area contributed by atoms with Gasteiger partial charge in [0, 0.05) is 20.1 Å². The molecule has 0 saturated carbocycles. The van der Waals surface area contributed by atoms with E-state index >= 15 is 0 Å². The minimum Gasteiger partial charge on any atom is -0.361 e. The predicted octanol–water partition coefficient (Wildman–Crippen LogP) is 1.12. The minimum absolute atomic E-state index is 0.866. The number of hydrogen-bond acceptors (Lipinski definition) is 3. The van der Waals surface area contributed by atoms with Gasteiger partial charge in [0.2, 0.25) is 0 Å². The molecule has 0 unspecified atom stereocenters. The SMILES string of the molecule is CN1CCN=C1CNCc1ccccc1. The van der Waals surface area contributed by atoms with Crippen LogP contribution in [0.15, 0.2) is 35.3 Å². The van der Waals surface area contributed by atoms with Crippen molar-refractivity contribution in [3.8, 4) is 0 Å². The van der Waals surface area contributed by atoms with E-state index in [4.69, 9.17) is 0 Å². The zero-order chi connectivity index (χ0) is 10.5. The fourth-order valence-electron chi connectivity index (χ4n) is 1.68. The molecule has 3 nitrogen and oxygen atoms in total. The van der Waals surface area contributed by atoms with Crippen LogP contribution >= 0.6 is 0 Å². The van der Waals surface area contributed by atoms with Gasteiger partial charge in [-0.3, -0.25) is 4.99 Å². The van der Waals surface area contributed by atoms with Crippen molar-refractivity contribution in [2.75, 3.05) is 26.7 Å². The number of nitrogens with zero attached hydrogens (tertiary/aromatic N) is 2. The molecule has 1 N–H and O–H groups in total. The van der Waals surface area contributed by atoms with Gasteiger partial charge >= 0.3 is 0 Å². The van der Waals surface area contributed by atoms with E-state index in [2.05, 4.69) is 46.5 Å². The number of aliphatic imine (C=N–C) groups is 1. The third-order valence-electron chi connectivity index (χ3n) is 2.63. The summed E-state index contributed by atoms with van der Waals surface area (Å²) in [4.78, 5) is 6.63. The van der Waals surface area contributed by atoms with Crippen LogP contribution in [0.4, 0.5) is 0 Å². The van der Waals surface area contributed by atoms with Crippen molar-refractivity contribution < 1.29 is 0 Å². The van der Waals surface area contributed by atoms with E-state index in [0.29, 0.717) is 0 Å². The predicted molar refractivity (Wildman–Crippen MR) is 63.1 cm³/mol. The molecule has 0 radical (unpaired) electrons. The maximum absolute atomic E-state index is 4.43. The molecule has 0 atom stereocenters. The van der Waals surface area contributed by atoms with Crippen LogP contribution in [0.2, 0.25) is 0 Å². The van der Waals surface area contributed by atoms with Crippen molar-refractivity contribution in [2.24, 2.45) is 4.99 Å². The third kappa shape index (κ3) is 2.80. The molecule has 15 heavy (non-hydrogen) atoms. The van der Waals surface area contributed by atoms with Crippen LogP contribution < -0.4 is 5.32 Å². The van der Waals surface area contributed by atoms with Gasteiger partial charge in [-0.25, -0.2) is 0 Å². The number of rotatable bonds is 4. The maximum atomic E-state index is 4.43. The first kappa shape index (κ1) is 10.2. The molecule has 0 aliphatic carbocycles. The van der Waals surface area contributed by atoms with Crippen LogP contribution in [0.25, 0.3) is 0 Å². The van der Waals surface area contributed by atoms with Gasteiger partial charge in [0.1, 0.15) is 5.84 Å². The fraction of sp³-hybridized carbons (Fsp3) is 0.417. The highest BCUT2D eigenvalue weighted by Crippen LogP contribution is 1.99. The van der Waals surface area contributed by atoms with Gasteiger partial charge in [-0.15, -0.1) is 0 Å². The number of nitrogens with one attached hydrogen (secondary N) is 1. The Labute approximate surface area is 90.8 Å². The fourth-order valence-corrected chi connectivity index (χ4v) is 1.68. The summed E-state index contributed by atoms with van der Waals surface area (Å²) < 4.78 is 0. The second-order valence-corrected chi connectivity index (χ2v) is 3.81. The molecule has 1 aromatic carbocycles. The molecule has 3 heteroatoms. The van der Waals surface area contributed by atoms with E-state index in [-0.39, 0.29) is 0 Å². The van der Waals surface area contributed by atoms with Crippen molar-refractivity contribution in [3.05, 3.63) is 35.9 Å². The normalized spacial score (nSPS) is 15.5. The molecule has 1 aromatic rings. The molecule has 0 fully saturated rings. The Morgan fingerprint density at radius 3 is 2.73 bits per heavy atom. The van der Waals surface area contributed by atoms with E-state index in [0.717, 1.165) is 26.2 Å². The average molecular weight is 203 g/mol. The van der Waals surface area contributed by atoms with E-state index in [1.165, 1.54) is 11.4 Å². The molecular weight excluding hydrogens is 186 g/mol. The molecule has 0 saturated heterocycles. The summed E-state index contributed by atoms with van der Waals surface area (Å²) >= 11 is 0. The number of benzene rings is 1. The van der Waals surface area contributed by atoms with Gasteiger partial charge in [-0.05, 0) is 5.56 Å². The van der Waals surface area contributed by atoms with E-state index in [1.807, 2.05) is 6.07 Å². The van der Waals surface area contributed by atoms with Gasteiger partial charge in [-0.2, -0.15) is 0 Å². The molecule has 1 aliphatic heterocycles. The zero-order valence-electron chi connectivity index (χ0n) is 9.11. The molecule has 1 aliphatic rings. The largest absolute Gasteiger partial charge is 0.361 e. The van der Waals surface area contributed by atoms with Crippen LogP contribution in [-0.4, -0.2) is 37.4 Å². The summed E-state index contributed by atoms with van der Waals surface area (Å²) in [7, 11) is 2.09. The van der Waals surface area contributed by atoms with Crippen molar-refractivity contribution >= 4 is 5.84 Å². The summed E-state index contributed by atoms with van der Waals surface area (Å²) in [6.45, 7) is 3.78. The molecule has 0 amide bonds. The summed E-state index contributed by atoms with van der Waals surface area (Å²) in [5.74, 6) is 1.17. The van der Waals surface area contributed by atoms with Crippen LogP contribution in [0.1, 0.15) is 5.56 Å². The monoisotopic (exact) mass is 203 g/mol. The zero-order valence-corrected chi connectivity index (χ0v) is 9.11. The summed E-state index contributed by atoms with van der Waals surface area (Å²) in [5, 5.41) is 3.40. The van der Waals surface area contributed by atoms with Crippen LogP contribution in [-0.2, 0) is 6.54 Å². The first-order chi connectivity index (χ1) is 7.36. The van der Waals surface area contributed by atoms with Crippen molar-refractivity contribution in [3.63, 3.8) is 0 Å². The van der Waals surface area contributed by atoms with Gasteiger partial charge in [0.15, 0.2) is 0 Å². The Hall–Kier alpha value is -1.35. The first-order valence-electron chi connectivity index (χ1n) is 5.35.